The molecule has 120 valence electrons. The Morgan fingerprint density at radius 2 is 2.22 bits per heavy atom. The Hall–Kier alpha value is -2.41. The Balaban J connectivity index is 1.50. The van der Waals surface area contributed by atoms with E-state index in [4.69, 9.17) is 21.2 Å². The van der Waals surface area contributed by atoms with E-state index in [0.29, 0.717) is 36.1 Å². The molecule has 7 nitrogen and oxygen atoms in total. The first-order valence-corrected chi connectivity index (χ1v) is 7.51. The second-order valence-electron chi connectivity index (χ2n) is 5.35. The number of rotatable bonds is 6. The zero-order chi connectivity index (χ0) is 16.4. The zero-order valence-electron chi connectivity index (χ0n) is 12.0. The maximum Gasteiger partial charge on any atom is 0.307 e. The highest BCUT2D eigenvalue weighted by Gasteiger charge is 2.48. The molecule has 0 unspecified atom stereocenters. The molecule has 1 aliphatic carbocycles. The third kappa shape index (κ3) is 3.68. The van der Waals surface area contributed by atoms with Gasteiger partial charge in [0.25, 0.3) is 0 Å². The lowest BCUT2D eigenvalue weighted by Gasteiger charge is -2.01. The van der Waals surface area contributed by atoms with Gasteiger partial charge in [-0.05, 0) is 18.6 Å². The van der Waals surface area contributed by atoms with Gasteiger partial charge in [-0.25, -0.2) is 0 Å². The number of carbonyl (C=O) groups is 2. The summed E-state index contributed by atoms with van der Waals surface area (Å²) in [5.41, 5.74) is 0.749. The summed E-state index contributed by atoms with van der Waals surface area (Å²) in [6, 6.07) is 7.10. The van der Waals surface area contributed by atoms with Crippen LogP contribution in [0.5, 0.6) is 0 Å². The normalized spacial score (nSPS) is 19.3. The van der Waals surface area contributed by atoms with Crippen LogP contribution in [0.15, 0.2) is 28.8 Å². The van der Waals surface area contributed by atoms with E-state index >= 15 is 0 Å². The highest BCUT2D eigenvalue weighted by molar-refractivity contribution is 6.30. The van der Waals surface area contributed by atoms with Crippen LogP contribution in [0.4, 0.5) is 0 Å². The van der Waals surface area contributed by atoms with E-state index < -0.39 is 17.8 Å². The molecule has 0 radical (unpaired) electrons. The number of hydrogen-bond donors (Lipinski definition) is 2. The minimum atomic E-state index is -0.923. The molecule has 0 spiro atoms. The number of amides is 1. The number of hydrogen-bond acceptors (Lipinski definition) is 5. The molecule has 8 heteroatoms. The van der Waals surface area contributed by atoms with Gasteiger partial charge < -0.3 is 14.9 Å². The fourth-order valence-corrected chi connectivity index (χ4v) is 2.47. The zero-order valence-corrected chi connectivity index (χ0v) is 12.8. The van der Waals surface area contributed by atoms with Crippen molar-refractivity contribution in [1.82, 2.24) is 15.5 Å². The molecular weight excluding hydrogens is 322 g/mol. The number of aromatic nitrogens is 2. The van der Waals surface area contributed by atoms with E-state index in [-0.39, 0.29) is 5.91 Å². The van der Waals surface area contributed by atoms with Gasteiger partial charge in [-0.3, -0.25) is 9.59 Å². The molecule has 1 fully saturated rings. The first kappa shape index (κ1) is 15.5. The average molecular weight is 336 g/mol. The molecule has 0 bridgehead atoms. The number of nitrogens with zero attached hydrogens (tertiary/aromatic N) is 2. The van der Waals surface area contributed by atoms with Crippen molar-refractivity contribution in [2.75, 3.05) is 6.54 Å². The molecule has 0 aliphatic heterocycles. The van der Waals surface area contributed by atoms with Crippen LogP contribution in [0.1, 0.15) is 12.3 Å². The standard InChI is InChI=1S/C15H14ClN3O4/c16-9-3-1-2-8(6-9)13-18-12(23-19-13)4-5-17-14(20)10-7-11(10)15(21)22/h1-3,6,10-11H,4-5,7H2,(H,17,20)(H,21,22)/t10-,11-/m1/s1. The van der Waals surface area contributed by atoms with Gasteiger partial charge in [-0.15, -0.1) is 0 Å². The van der Waals surface area contributed by atoms with Crippen molar-refractivity contribution >= 4 is 23.5 Å². The third-order valence-electron chi connectivity index (χ3n) is 3.63. The average Bonchev–Trinajstić information content (AvgIpc) is 3.20. The monoisotopic (exact) mass is 335 g/mol. The van der Waals surface area contributed by atoms with Crippen LogP contribution in [0.3, 0.4) is 0 Å². The Labute approximate surface area is 136 Å². The first-order valence-electron chi connectivity index (χ1n) is 7.13. The van der Waals surface area contributed by atoms with E-state index in [2.05, 4.69) is 15.5 Å². The molecule has 2 N–H and O–H groups in total. The predicted octanol–water partition coefficient (Wildman–Crippen LogP) is 1.77. The van der Waals surface area contributed by atoms with Gasteiger partial charge in [0.1, 0.15) is 0 Å². The molecule has 1 saturated carbocycles. The lowest BCUT2D eigenvalue weighted by Crippen LogP contribution is -2.28. The number of carboxylic acid groups (broad SMARTS) is 1. The van der Waals surface area contributed by atoms with Crippen molar-refractivity contribution < 1.29 is 19.2 Å². The summed E-state index contributed by atoms with van der Waals surface area (Å²) in [6.07, 6.45) is 0.782. The summed E-state index contributed by atoms with van der Waals surface area (Å²) >= 11 is 5.91. The number of benzene rings is 1. The Kier molecular flexibility index (Phi) is 4.29. The summed E-state index contributed by atoms with van der Waals surface area (Å²) in [4.78, 5) is 26.7. The van der Waals surface area contributed by atoms with Crippen LogP contribution in [0.25, 0.3) is 11.4 Å². The van der Waals surface area contributed by atoms with Gasteiger partial charge >= 0.3 is 5.97 Å². The number of carboxylic acids is 1. The van der Waals surface area contributed by atoms with Gasteiger partial charge in [-0.1, -0.05) is 28.9 Å². The largest absolute Gasteiger partial charge is 0.481 e. The lowest BCUT2D eigenvalue weighted by atomic mass is 10.2. The Morgan fingerprint density at radius 3 is 2.91 bits per heavy atom. The molecule has 23 heavy (non-hydrogen) atoms. The SMILES string of the molecule is O=C(O)[C@@H]1C[C@H]1C(=O)NCCc1nc(-c2cccc(Cl)c2)no1. The van der Waals surface area contributed by atoms with Gasteiger partial charge in [-0.2, -0.15) is 4.98 Å². The van der Waals surface area contributed by atoms with Crippen LogP contribution in [0.2, 0.25) is 5.02 Å². The van der Waals surface area contributed by atoms with Crippen LogP contribution in [-0.2, 0) is 16.0 Å². The quantitative estimate of drug-likeness (QED) is 0.833. The van der Waals surface area contributed by atoms with E-state index in [0.717, 1.165) is 5.56 Å². The van der Waals surface area contributed by atoms with Crippen LogP contribution in [0, 0.1) is 11.8 Å². The highest BCUT2D eigenvalue weighted by Crippen LogP contribution is 2.38. The second-order valence-corrected chi connectivity index (χ2v) is 5.79. The molecule has 2 aromatic rings. The summed E-state index contributed by atoms with van der Waals surface area (Å²) in [6.45, 7) is 0.318. The van der Waals surface area contributed by atoms with Crippen molar-refractivity contribution in [2.45, 2.75) is 12.8 Å². The second kappa shape index (κ2) is 6.37. The van der Waals surface area contributed by atoms with Crippen molar-refractivity contribution in [3.05, 3.63) is 35.2 Å². The molecule has 1 amide bonds. The van der Waals surface area contributed by atoms with Crippen molar-refractivity contribution in [1.29, 1.82) is 0 Å². The fourth-order valence-electron chi connectivity index (χ4n) is 2.28. The number of nitrogens with one attached hydrogen (secondary N) is 1. The van der Waals surface area contributed by atoms with E-state index in [9.17, 15) is 9.59 Å². The molecule has 1 heterocycles. The van der Waals surface area contributed by atoms with Crippen molar-refractivity contribution in [3.63, 3.8) is 0 Å². The fraction of sp³-hybridized carbons (Fsp3) is 0.333. The smallest absolute Gasteiger partial charge is 0.307 e. The Bertz CT molecular complexity index is 746. The third-order valence-corrected chi connectivity index (χ3v) is 3.87. The highest BCUT2D eigenvalue weighted by atomic mass is 35.5. The van der Waals surface area contributed by atoms with Crippen molar-refractivity contribution in [3.8, 4) is 11.4 Å². The van der Waals surface area contributed by atoms with Gasteiger partial charge in [0.15, 0.2) is 0 Å². The number of halogens is 1. The molecule has 3 rings (SSSR count). The topological polar surface area (TPSA) is 105 Å². The summed E-state index contributed by atoms with van der Waals surface area (Å²) in [7, 11) is 0. The van der Waals surface area contributed by atoms with E-state index in [1.165, 1.54) is 0 Å². The van der Waals surface area contributed by atoms with Gasteiger partial charge in [0, 0.05) is 23.6 Å². The van der Waals surface area contributed by atoms with Gasteiger partial charge in [0.05, 0.1) is 11.8 Å². The van der Waals surface area contributed by atoms with Crippen LogP contribution in [-0.4, -0.2) is 33.7 Å². The van der Waals surface area contributed by atoms with Crippen LogP contribution < -0.4 is 5.32 Å². The maximum atomic E-state index is 11.7. The molecule has 2 atom stereocenters. The minimum Gasteiger partial charge on any atom is -0.481 e. The Morgan fingerprint density at radius 1 is 1.39 bits per heavy atom. The number of aliphatic carboxylic acids is 1. The summed E-state index contributed by atoms with van der Waals surface area (Å²) < 4.78 is 5.13. The summed E-state index contributed by atoms with van der Waals surface area (Å²) in [5, 5.41) is 15.9. The van der Waals surface area contributed by atoms with Gasteiger partial charge in [0.2, 0.25) is 17.6 Å². The van der Waals surface area contributed by atoms with Crippen LogP contribution >= 0.6 is 11.6 Å². The minimum absolute atomic E-state index is 0.244. The molecule has 1 aromatic heterocycles. The molecule has 0 saturated heterocycles. The lowest BCUT2D eigenvalue weighted by molar-refractivity contribution is -0.140. The first-order chi connectivity index (χ1) is 11.0. The van der Waals surface area contributed by atoms with E-state index in [1.54, 1.807) is 18.2 Å². The molecule has 1 aromatic carbocycles. The molecular formula is C15H14ClN3O4. The summed E-state index contributed by atoms with van der Waals surface area (Å²) in [5.74, 6) is -1.31. The maximum absolute atomic E-state index is 11.7. The predicted molar refractivity (Wildman–Crippen MR) is 80.7 cm³/mol. The van der Waals surface area contributed by atoms with E-state index in [1.807, 2.05) is 6.07 Å². The number of carbonyl (C=O) groups excluding carboxylic acids is 1. The van der Waals surface area contributed by atoms with Crippen molar-refractivity contribution in [2.24, 2.45) is 11.8 Å². The molecule has 1 aliphatic rings.